The quantitative estimate of drug-likeness (QED) is 0.786. The van der Waals surface area contributed by atoms with E-state index in [1.54, 1.807) is 4.90 Å². The summed E-state index contributed by atoms with van der Waals surface area (Å²) in [5, 5.41) is 0. The highest BCUT2D eigenvalue weighted by Crippen LogP contribution is 2.32. The molecule has 0 spiro atoms. The summed E-state index contributed by atoms with van der Waals surface area (Å²) in [7, 11) is 0. The number of rotatable bonds is 6. The number of hydrogen-bond donors (Lipinski definition) is 0. The van der Waals surface area contributed by atoms with Crippen molar-refractivity contribution in [3.8, 4) is 0 Å². The van der Waals surface area contributed by atoms with Gasteiger partial charge in [-0.2, -0.15) is 0 Å². The van der Waals surface area contributed by atoms with Crippen molar-refractivity contribution < 1.29 is 9.59 Å². The summed E-state index contributed by atoms with van der Waals surface area (Å²) in [6.45, 7) is 8.16. The van der Waals surface area contributed by atoms with Crippen molar-refractivity contribution >= 4 is 11.8 Å². The van der Waals surface area contributed by atoms with Gasteiger partial charge in [-0.3, -0.25) is 9.59 Å². The zero-order valence-electron chi connectivity index (χ0n) is 16.5. The molecule has 1 aromatic heterocycles. The van der Waals surface area contributed by atoms with Gasteiger partial charge in [-0.1, -0.05) is 43.7 Å². The molecular formula is C22H29N3O2. The van der Waals surface area contributed by atoms with Gasteiger partial charge >= 0.3 is 0 Å². The number of carbonyl (C=O) groups excluding carboxylic acids is 2. The van der Waals surface area contributed by atoms with Crippen LogP contribution >= 0.6 is 0 Å². The van der Waals surface area contributed by atoms with Crippen LogP contribution in [0.1, 0.15) is 49.6 Å². The lowest BCUT2D eigenvalue weighted by Crippen LogP contribution is -2.48. The van der Waals surface area contributed by atoms with Crippen LogP contribution in [0.4, 0.5) is 0 Å². The third kappa shape index (κ3) is 4.07. The Hall–Kier alpha value is -2.56. The Kier molecular flexibility index (Phi) is 5.99. The lowest BCUT2D eigenvalue weighted by Gasteiger charge is -2.38. The summed E-state index contributed by atoms with van der Waals surface area (Å²) in [5.41, 5.74) is 3.44. The molecule has 5 heteroatoms. The molecule has 0 fully saturated rings. The average Bonchev–Trinajstić information content (AvgIpc) is 3.15. The first kappa shape index (κ1) is 19.2. The van der Waals surface area contributed by atoms with E-state index in [-0.39, 0.29) is 24.4 Å². The van der Waals surface area contributed by atoms with Crippen LogP contribution < -0.4 is 0 Å². The van der Waals surface area contributed by atoms with Crippen LogP contribution in [-0.2, 0) is 16.1 Å². The molecule has 1 aliphatic rings. The second-order valence-electron chi connectivity index (χ2n) is 7.20. The molecule has 3 rings (SSSR count). The molecule has 0 bridgehead atoms. The number of nitrogens with zero attached hydrogens (tertiary/aromatic N) is 3. The van der Waals surface area contributed by atoms with Gasteiger partial charge in [0.05, 0.1) is 12.6 Å². The molecule has 2 aromatic rings. The Labute approximate surface area is 161 Å². The Morgan fingerprint density at radius 2 is 1.85 bits per heavy atom. The van der Waals surface area contributed by atoms with Crippen molar-refractivity contribution in [2.24, 2.45) is 0 Å². The van der Waals surface area contributed by atoms with E-state index in [1.807, 2.05) is 24.8 Å². The third-order valence-corrected chi connectivity index (χ3v) is 5.23. The van der Waals surface area contributed by atoms with Crippen LogP contribution in [0.3, 0.4) is 0 Å². The van der Waals surface area contributed by atoms with Crippen LogP contribution in [0.25, 0.3) is 0 Å². The summed E-state index contributed by atoms with van der Waals surface area (Å²) in [5.74, 6) is 0.0562. The number of aromatic nitrogens is 1. The minimum absolute atomic E-state index is 0.0169. The summed E-state index contributed by atoms with van der Waals surface area (Å²) >= 11 is 0. The zero-order valence-corrected chi connectivity index (χ0v) is 16.5. The fourth-order valence-corrected chi connectivity index (χ4v) is 3.79. The molecule has 1 unspecified atom stereocenters. The van der Waals surface area contributed by atoms with Gasteiger partial charge in [0.2, 0.25) is 11.8 Å². The first-order valence-electron chi connectivity index (χ1n) is 9.84. The number of benzene rings is 1. The van der Waals surface area contributed by atoms with Crippen LogP contribution in [0, 0.1) is 6.92 Å². The van der Waals surface area contributed by atoms with Gasteiger partial charge in [0, 0.05) is 37.9 Å². The number of fused-ring (bicyclic) bond motifs is 1. The normalized spacial score (nSPS) is 16.1. The molecule has 1 aromatic carbocycles. The lowest BCUT2D eigenvalue weighted by molar-refractivity contribution is -0.142. The van der Waals surface area contributed by atoms with Crippen LogP contribution in [0.5, 0.6) is 0 Å². The smallest absolute Gasteiger partial charge is 0.243 e. The van der Waals surface area contributed by atoms with Gasteiger partial charge < -0.3 is 14.4 Å². The minimum atomic E-state index is -0.109. The van der Waals surface area contributed by atoms with E-state index in [0.29, 0.717) is 19.5 Å². The highest BCUT2D eigenvalue weighted by Gasteiger charge is 2.33. The van der Waals surface area contributed by atoms with E-state index in [1.165, 1.54) is 5.56 Å². The minimum Gasteiger partial charge on any atom is -0.348 e. The lowest BCUT2D eigenvalue weighted by atomic mass is 9.98. The van der Waals surface area contributed by atoms with Gasteiger partial charge in [-0.25, -0.2) is 0 Å². The summed E-state index contributed by atoms with van der Waals surface area (Å²) in [6, 6.07) is 12.4. The number of amides is 2. The Bertz CT molecular complexity index is 794. The number of carbonyl (C=O) groups is 2. The Balaban J connectivity index is 1.89. The van der Waals surface area contributed by atoms with Crippen LogP contribution in [0.15, 0.2) is 42.6 Å². The van der Waals surface area contributed by atoms with E-state index >= 15 is 0 Å². The molecule has 1 aliphatic heterocycles. The standard InChI is InChI=1S/C22H29N3O2/c1-4-12-24(20(26)5-2)16-21(27)25-15-14-23-13-6-7-19(23)22(25)18-10-8-17(3)9-11-18/h6-11,13,22H,4-5,12,14-16H2,1-3H3. The maximum absolute atomic E-state index is 13.2. The third-order valence-electron chi connectivity index (χ3n) is 5.23. The molecule has 2 amide bonds. The van der Waals surface area contributed by atoms with Crippen molar-refractivity contribution in [3.63, 3.8) is 0 Å². The van der Waals surface area contributed by atoms with E-state index in [0.717, 1.165) is 24.2 Å². The average molecular weight is 367 g/mol. The zero-order chi connectivity index (χ0) is 19.4. The van der Waals surface area contributed by atoms with E-state index in [2.05, 4.69) is 48.0 Å². The number of hydrogen-bond acceptors (Lipinski definition) is 2. The van der Waals surface area contributed by atoms with Crippen LogP contribution in [0.2, 0.25) is 0 Å². The molecule has 0 saturated carbocycles. The molecule has 5 nitrogen and oxygen atoms in total. The van der Waals surface area contributed by atoms with Crippen molar-refractivity contribution in [1.29, 1.82) is 0 Å². The SMILES string of the molecule is CCCN(CC(=O)N1CCn2cccc2C1c1ccc(C)cc1)C(=O)CC. The number of aryl methyl sites for hydroxylation is 1. The van der Waals surface area contributed by atoms with Crippen molar-refractivity contribution in [1.82, 2.24) is 14.4 Å². The molecule has 1 atom stereocenters. The fourth-order valence-electron chi connectivity index (χ4n) is 3.79. The Morgan fingerprint density at radius 3 is 2.52 bits per heavy atom. The second-order valence-corrected chi connectivity index (χ2v) is 7.20. The summed E-state index contributed by atoms with van der Waals surface area (Å²) in [6.07, 6.45) is 3.35. The van der Waals surface area contributed by atoms with E-state index in [9.17, 15) is 9.59 Å². The molecule has 2 heterocycles. The maximum Gasteiger partial charge on any atom is 0.243 e. The molecule has 27 heavy (non-hydrogen) atoms. The van der Waals surface area contributed by atoms with Crippen molar-refractivity contribution in [2.45, 2.75) is 46.2 Å². The highest BCUT2D eigenvalue weighted by atomic mass is 16.2. The van der Waals surface area contributed by atoms with E-state index < -0.39 is 0 Å². The molecule has 0 aliphatic carbocycles. The van der Waals surface area contributed by atoms with Gasteiger partial charge in [-0.05, 0) is 31.0 Å². The molecule has 144 valence electrons. The summed E-state index contributed by atoms with van der Waals surface area (Å²) in [4.78, 5) is 29.1. The van der Waals surface area contributed by atoms with Gasteiger partial charge in [0.1, 0.15) is 0 Å². The van der Waals surface area contributed by atoms with Gasteiger partial charge in [-0.15, -0.1) is 0 Å². The molecule has 0 N–H and O–H groups in total. The second kappa shape index (κ2) is 8.42. The topological polar surface area (TPSA) is 45.6 Å². The molecule has 0 radical (unpaired) electrons. The van der Waals surface area contributed by atoms with Crippen molar-refractivity contribution in [3.05, 3.63) is 59.4 Å². The first-order valence-corrected chi connectivity index (χ1v) is 9.84. The molecule has 0 saturated heterocycles. The predicted octanol–water partition coefficient (Wildman–Crippen LogP) is 3.38. The van der Waals surface area contributed by atoms with Crippen LogP contribution in [-0.4, -0.2) is 45.8 Å². The van der Waals surface area contributed by atoms with Gasteiger partial charge in [0.25, 0.3) is 0 Å². The van der Waals surface area contributed by atoms with E-state index in [4.69, 9.17) is 0 Å². The monoisotopic (exact) mass is 367 g/mol. The highest BCUT2D eigenvalue weighted by molar-refractivity contribution is 5.85. The van der Waals surface area contributed by atoms with Crippen molar-refractivity contribution in [2.75, 3.05) is 19.6 Å². The first-order chi connectivity index (χ1) is 13.0. The maximum atomic E-state index is 13.2. The Morgan fingerprint density at radius 1 is 1.11 bits per heavy atom. The molecular weight excluding hydrogens is 338 g/mol. The fraction of sp³-hybridized carbons (Fsp3) is 0.455. The largest absolute Gasteiger partial charge is 0.348 e. The summed E-state index contributed by atoms with van der Waals surface area (Å²) < 4.78 is 2.22. The predicted molar refractivity (Wildman–Crippen MR) is 106 cm³/mol. The van der Waals surface area contributed by atoms with Gasteiger partial charge in [0.15, 0.2) is 0 Å².